The largest absolute Gasteiger partial charge is 0.457 e. The monoisotopic (exact) mass is 248 g/mol. The zero-order chi connectivity index (χ0) is 12.3. The Morgan fingerprint density at radius 2 is 2.18 bits per heavy atom. The summed E-state index contributed by atoms with van der Waals surface area (Å²) in [6.07, 6.45) is 1.71. The van der Waals surface area contributed by atoms with Gasteiger partial charge in [0, 0.05) is 35.1 Å². The lowest BCUT2D eigenvalue weighted by molar-refractivity contribution is 0.475. The number of rotatable bonds is 3. The number of aryl methyl sites for hydroxylation is 1. The van der Waals surface area contributed by atoms with Gasteiger partial charge in [-0.15, -0.1) is 0 Å². The Kier molecular flexibility index (Phi) is 3.61. The summed E-state index contributed by atoms with van der Waals surface area (Å²) in [4.78, 5) is 4.11. The van der Waals surface area contributed by atoms with Gasteiger partial charge in [0.1, 0.15) is 11.5 Å². The van der Waals surface area contributed by atoms with Crippen LogP contribution in [0.4, 0.5) is 0 Å². The molecule has 0 radical (unpaired) electrons. The lowest BCUT2D eigenvalue weighted by Gasteiger charge is -2.11. The third-order valence-corrected chi connectivity index (χ3v) is 2.73. The molecule has 1 aromatic heterocycles. The van der Waals surface area contributed by atoms with Crippen molar-refractivity contribution in [2.75, 3.05) is 0 Å². The second-order valence-electron chi connectivity index (χ2n) is 3.66. The Morgan fingerprint density at radius 1 is 1.35 bits per heavy atom. The van der Waals surface area contributed by atoms with E-state index in [2.05, 4.69) is 4.98 Å². The Morgan fingerprint density at radius 3 is 2.88 bits per heavy atom. The molecule has 2 rings (SSSR count). The summed E-state index contributed by atoms with van der Waals surface area (Å²) in [5, 5.41) is 0.621. The summed E-state index contributed by atoms with van der Waals surface area (Å²) in [6, 6.07) is 9.15. The fourth-order valence-corrected chi connectivity index (χ4v) is 1.79. The van der Waals surface area contributed by atoms with Crippen molar-refractivity contribution in [1.29, 1.82) is 0 Å². The molecule has 0 bridgehead atoms. The van der Waals surface area contributed by atoms with Crippen LogP contribution in [0.1, 0.15) is 11.3 Å². The van der Waals surface area contributed by atoms with E-state index in [1.54, 1.807) is 18.3 Å². The van der Waals surface area contributed by atoms with Crippen molar-refractivity contribution in [3.63, 3.8) is 0 Å². The first-order chi connectivity index (χ1) is 8.20. The van der Waals surface area contributed by atoms with Crippen LogP contribution in [0.25, 0.3) is 0 Å². The minimum atomic E-state index is 0.346. The molecule has 17 heavy (non-hydrogen) atoms. The molecule has 0 aliphatic carbocycles. The molecule has 88 valence electrons. The summed E-state index contributed by atoms with van der Waals surface area (Å²) in [7, 11) is 0. The third kappa shape index (κ3) is 2.75. The first-order valence-corrected chi connectivity index (χ1v) is 5.66. The van der Waals surface area contributed by atoms with Gasteiger partial charge in [-0.1, -0.05) is 17.7 Å². The average molecular weight is 249 g/mol. The summed E-state index contributed by atoms with van der Waals surface area (Å²) in [5.74, 6) is 1.42. The number of halogens is 1. The lowest BCUT2D eigenvalue weighted by atomic mass is 10.2. The van der Waals surface area contributed by atoms with E-state index in [1.165, 1.54) is 0 Å². The number of ether oxygens (including phenoxy) is 1. The topological polar surface area (TPSA) is 48.1 Å². The average Bonchev–Trinajstić information content (AvgIpc) is 2.29. The SMILES string of the molecule is Cc1cc(Oc2cccc(Cl)c2CN)ccn1. The molecule has 0 aliphatic rings. The molecule has 1 aromatic carbocycles. The fourth-order valence-electron chi connectivity index (χ4n) is 1.54. The number of nitrogens with zero attached hydrogens (tertiary/aromatic N) is 1. The highest BCUT2D eigenvalue weighted by atomic mass is 35.5. The van der Waals surface area contributed by atoms with E-state index >= 15 is 0 Å². The van der Waals surface area contributed by atoms with Crippen LogP contribution in [0.15, 0.2) is 36.5 Å². The van der Waals surface area contributed by atoms with Gasteiger partial charge in [0.15, 0.2) is 0 Å². The van der Waals surface area contributed by atoms with Crippen molar-refractivity contribution in [3.8, 4) is 11.5 Å². The van der Waals surface area contributed by atoms with E-state index in [1.807, 2.05) is 25.1 Å². The van der Waals surface area contributed by atoms with Crippen molar-refractivity contribution in [1.82, 2.24) is 4.98 Å². The molecular weight excluding hydrogens is 236 g/mol. The van der Waals surface area contributed by atoms with Gasteiger partial charge in [-0.2, -0.15) is 0 Å². The molecule has 2 N–H and O–H groups in total. The van der Waals surface area contributed by atoms with Crippen LogP contribution < -0.4 is 10.5 Å². The quantitative estimate of drug-likeness (QED) is 0.907. The second-order valence-corrected chi connectivity index (χ2v) is 4.06. The smallest absolute Gasteiger partial charge is 0.133 e. The van der Waals surface area contributed by atoms with E-state index in [4.69, 9.17) is 22.1 Å². The highest BCUT2D eigenvalue weighted by Gasteiger charge is 2.07. The molecule has 0 amide bonds. The van der Waals surface area contributed by atoms with Gasteiger partial charge in [-0.3, -0.25) is 4.98 Å². The predicted molar refractivity (Wildman–Crippen MR) is 68.4 cm³/mol. The van der Waals surface area contributed by atoms with E-state index in [0.29, 0.717) is 17.3 Å². The Balaban J connectivity index is 2.33. The molecule has 0 spiro atoms. The number of benzene rings is 1. The normalized spacial score (nSPS) is 10.3. The van der Waals surface area contributed by atoms with Crippen molar-refractivity contribution >= 4 is 11.6 Å². The van der Waals surface area contributed by atoms with Crippen LogP contribution >= 0.6 is 11.6 Å². The number of aromatic nitrogens is 1. The maximum Gasteiger partial charge on any atom is 0.133 e. The van der Waals surface area contributed by atoms with Gasteiger partial charge in [0.05, 0.1) is 0 Å². The van der Waals surface area contributed by atoms with Crippen LogP contribution in [0, 0.1) is 6.92 Å². The summed E-state index contributed by atoms with van der Waals surface area (Å²) >= 11 is 6.05. The summed E-state index contributed by atoms with van der Waals surface area (Å²) in [5.41, 5.74) is 7.37. The number of hydrogen-bond acceptors (Lipinski definition) is 3. The van der Waals surface area contributed by atoms with Crippen molar-refractivity contribution < 1.29 is 4.74 Å². The Hall–Kier alpha value is -1.58. The van der Waals surface area contributed by atoms with E-state index in [9.17, 15) is 0 Å². The summed E-state index contributed by atoms with van der Waals surface area (Å²) < 4.78 is 5.76. The van der Waals surface area contributed by atoms with Crippen LogP contribution in [-0.4, -0.2) is 4.98 Å². The molecule has 0 aliphatic heterocycles. The van der Waals surface area contributed by atoms with Gasteiger partial charge in [-0.05, 0) is 25.1 Å². The molecular formula is C13H13ClN2O. The molecule has 3 nitrogen and oxygen atoms in total. The fraction of sp³-hybridized carbons (Fsp3) is 0.154. The van der Waals surface area contributed by atoms with Gasteiger partial charge in [0.2, 0.25) is 0 Å². The molecule has 1 heterocycles. The Bertz CT molecular complexity index is 529. The van der Waals surface area contributed by atoms with Gasteiger partial charge in [-0.25, -0.2) is 0 Å². The zero-order valence-electron chi connectivity index (χ0n) is 9.48. The Labute approximate surface area is 105 Å². The van der Waals surface area contributed by atoms with Crippen LogP contribution in [0.3, 0.4) is 0 Å². The number of hydrogen-bond donors (Lipinski definition) is 1. The second kappa shape index (κ2) is 5.17. The molecule has 0 atom stereocenters. The standard InChI is InChI=1S/C13H13ClN2O/c1-9-7-10(5-6-16-9)17-13-4-2-3-12(14)11(13)8-15/h2-7H,8,15H2,1H3. The van der Waals surface area contributed by atoms with Gasteiger partial charge < -0.3 is 10.5 Å². The minimum Gasteiger partial charge on any atom is -0.457 e. The van der Waals surface area contributed by atoms with Crippen LogP contribution in [-0.2, 0) is 6.54 Å². The predicted octanol–water partition coefficient (Wildman–Crippen LogP) is 3.29. The summed E-state index contributed by atoms with van der Waals surface area (Å²) in [6.45, 7) is 2.26. The molecule has 4 heteroatoms. The maximum atomic E-state index is 6.05. The van der Waals surface area contributed by atoms with Crippen molar-refractivity contribution in [2.45, 2.75) is 13.5 Å². The van der Waals surface area contributed by atoms with E-state index < -0.39 is 0 Å². The first-order valence-electron chi connectivity index (χ1n) is 5.28. The first kappa shape index (κ1) is 11.9. The van der Waals surface area contributed by atoms with Crippen molar-refractivity contribution in [3.05, 3.63) is 52.8 Å². The molecule has 0 fully saturated rings. The lowest BCUT2D eigenvalue weighted by Crippen LogP contribution is -2.00. The molecule has 0 saturated carbocycles. The zero-order valence-corrected chi connectivity index (χ0v) is 10.2. The number of pyridine rings is 1. The third-order valence-electron chi connectivity index (χ3n) is 2.38. The van der Waals surface area contributed by atoms with Gasteiger partial charge in [0.25, 0.3) is 0 Å². The molecule has 0 unspecified atom stereocenters. The highest BCUT2D eigenvalue weighted by molar-refractivity contribution is 6.31. The van der Waals surface area contributed by atoms with Gasteiger partial charge >= 0.3 is 0 Å². The van der Waals surface area contributed by atoms with E-state index in [0.717, 1.165) is 17.0 Å². The van der Waals surface area contributed by atoms with Crippen molar-refractivity contribution in [2.24, 2.45) is 5.73 Å². The van der Waals surface area contributed by atoms with E-state index in [-0.39, 0.29) is 0 Å². The minimum absolute atomic E-state index is 0.346. The highest BCUT2D eigenvalue weighted by Crippen LogP contribution is 2.29. The molecule has 0 saturated heterocycles. The van der Waals surface area contributed by atoms with Crippen LogP contribution in [0.2, 0.25) is 5.02 Å². The number of nitrogens with two attached hydrogens (primary N) is 1. The van der Waals surface area contributed by atoms with Crippen LogP contribution in [0.5, 0.6) is 11.5 Å². The maximum absolute atomic E-state index is 6.05. The molecule has 2 aromatic rings.